The number of imidazole rings is 1. The van der Waals surface area contributed by atoms with Crippen LogP contribution in [0.5, 0.6) is 0 Å². The lowest BCUT2D eigenvalue weighted by Gasteiger charge is -2.23. The summed E-state index contributed by atoms with van der Waals surface area (Å²) in [6.07, 6.45) is 18.8. The van der Waals surface area contributed by atoms with Crippen LogP contribution < -0.4 is 5.73 Å². The van der Waals surface area contributed by atoms with Crippen LogP contribution in [-0.2, 0) is 16.0 Å². The molecule has 4 N–H and O–H groups in total. The number of likely N-dealkylation sites (tertiary alicyclic amines) is 1. The Kier molecular flexibility index (Phi) is 11.5. The van der Waals surface area contributed by atoms with Gasteiger partial charge in [-0.15, -0.1) is 0 Å². The van der Waals surface area contributed by atoms with Crippen molar-refractivity contribution in [3.05, 3.63) is 90.3 Å². The standard InChI is InChI=1S/C15H21FN2O.C10H10N2.CH2O2/c1-11-5-4-8-18(11)15(19)10-13(17)9-12-6-2-3-7-14(12)16;1-2-4-6-9(5-3-1)10-7-11-8-12-10;2-1-3/h2-3,6-7,11,13H,4-5,8-10,17H2,1H3;1-9H,(H,11,12);1H,(H,2,3)/t11-,13?;;/m1../s1. The van der Waals surface area contributed by atoms with Crippen LogP contribution in [0.2, 0.25) is 0 Å². The summed E-state index contributed by atoms with van der Waals surface area (Å²) in [4.78, 5) is 29.4. The molecule has 182 valence electrons. The molecular weight excluding hydrogens is 435 g/mol. The van der Waals surface area contributed by atoms with E-state index in [-0.39, 0.29) is 24.2 Å². The number of hydrogen-bond acceptors (Lipinski definition) is 4. The first-order chi connectivity index (χ1) is 16.5. The molecule has 0 saturated carbocycles. The second-order valence-electron chi connectivity index (χ2n) is 8.13. The number of benzene rings is 1. The third-order valence-electron chi connectivity index (χ3n) is 5.60. The molecule has 1 aromatic carbocycles. The number of nitrogens with two attached hydrogens (primary N) is 1. The number of halogens is 1. The molecule has 1 aromatic heterocycles. The van der Waals surface area contributed by atoms with E-state index in [0.29, 0.717) is 30.4 Å². The number of nitrogens with one attached hydrogen (secondary N) is 1. The van der Waals surface area contributed by atoms with Crippen LogP contribution in [-0.4, -0.2) is 51.0 Å². The van der Waals surface area contributed by atoms with E-state index in [1.165, 1.54) is 6.07 Å². The van der Waals surface area contributed by atoms with Crippen LogP contribution in [0.1, 0.15) is 43.4 Å². The van der Waals surface area contributed by atoms with E-state index in [9.17, 15) is 9.18 Å². The summed E-state index contributed by atoms with van der Waals surface area (Å²) in [5.74, 6) is 0.177. The number of H-pyrrole nitrogens is 1. The van der Waals surface area contributed by atoms with E-state index < -0.39 is 0 Å². The van der Waals surface area contributed by atoms with Crippen molar-refractivity contribution in [2.24, 2.45) is 5.73 Å². The lowest BCUT2D eigenvalue weighted by Crippen LogP contribution is -2.38. The minimum atomic E-state index is -0.322. The Morgan fingerprint density at radius 1 is 1.29 bits per heavy atom. The number of carboxylic acid groups (broad SMARTS) is 1. The highest BCUT2D eigenvalue weighted by molar-refractivity contribution is 5.77. The molecule has 1 fully saturated rings. The molecule has 34 heavy (non-hydrogen) atoms. The van der Waals surface area contributed by atoms with Crippen LogP contribution in [0.3, 0.4) is 0 Å². The topological polar surface area (TPSA) is 112 Å². The maximum atomic E-state index is 13.5. The SMILES string of the molecule is C1=CC=CC(c2cnc[nH]2)C=C1.C[C@@H]1CCCN1C(=O)CC(N)Cc1ccccc1F.O=CO. The quantitative estimate of drug-likeness (QED) is 0.575. The van der Waals surface area contributed by atoms with Crippen molar-refractivity contribution < 1.29 is 19.1 Å². The predicted molar refractivity (Wildman–Crippen MR) is 131 cm³/mol. The molecule has 1 aliphatic carbocycles. The molecule has 1 saturated heterocycles. The van der Waals surface area contributed by atoms with Gasteiger partial charge in [0, 0.05) is 42.9 Å². The van der Waals surface area contributed by atoms with Crippen molar-refractivity contribution in [1.29, 1.82) is 0 Å². The van der Waals surface area contributed by atoms with E-state index in [4.69, 9.17) is 15.6 Å². The van der Waals surface area contributed by atoms with Crippen LogP contribution in [0.4, 0.5) is 4.39 Å². The monoisotopic (exact) mass is 468 g/mol. The van der Waals surface area contributed by atoms with E-state index >= 15 is 0 Å². The van der Waals surface area contributed by atoms with Gasteiger partial charge in [0.05, 0.1) is 6.33 Å². The number of aromatic nitrogens is 2. The number of allylic oxidation sites excluding steroid dienone is 6. The number of amides is 1. The lowest BCUT2D eigenvalue weighted by atomic mass is 10.0. The Bertz CT molecular complexity index is 956. The van der Waals surface area contributed by atoms with Gasteiger partial charge in [-0.25, -0.2) is 9.37 Å². The fourth-order valence-electron chi connectivity index (χ4n) is 3.88. The Labute approximate surface area is 199 Å². The minimum absolute atomic E-state index is 0.0915. The average Bonchev–Trinajstić information content (AvgIpc) is 3.42. The van der Waals surface area contributed by atoms with Gasteiger partial charge >= 0.3 is 0 Å². The minimum Gasteiger partial charge on any atom is -0.483 e. The first kappa shape index (κ1) is 26.7. The smallest absolute Gasteiger partial charge is 0.290 e. The van der Waals surface area contributed by atoms with Crippen molar-refractivity contribution in [3.8, 4) is 0 Å². The Balaban J connectivity index is 0.000000232. The lowest BCUT2D eigenvalue weighted by molar-refractivity contribution is -0.132. The molecule has 7 nitrogen and oxygen atoms in total. The molecule has 0 radical (unpaired) electrons. The van der Waals surface area contributed by atoms with E-state index in [0.717, 1.165) is 25.1 Å². The predicted octanol–water partition coefficient (Wildman–Crippen LogP) is 3.97. The van der Waals surface area contributed by atoms with Crippen molar-refractivity contribution in [2.75, 3.05) is 6.54 Å². The molecule has 2 aliphatic rings. The second-order valence-corrected chi connectivity index (χ2v) is 8.13. The number of nitrogens with zero attached hydrogens (tertiary/aromatic N) is 2. The fraction of sp³-hybridized carbons (Fsp3) is 0.346. The van der Waals surface area contributed by atoms with Gasteiger partial charge in [-0.3, -0.25) is 9.59 Å². The molecule has 4 rings (SSSR count). The number of carbonyl (C=O) groups excluding carboxylic acids is 1. The van der Waals surface area contributed by atoms with Gasteiger partial charge in [0.1, 0.15) is 5.82 Å². The zero-order valence-electron chi connectivity index (χ0n) is 19.4. The van der Waals surface area contributed by atoms with E-state index in [1.807, 2.05) is 35.4 Å². The Morgan fingerprint density at radius 2 is 1.97 bits per heavy atom. The molecule has 0 spiro atoms. The largest absolute Gasteiger partial charge is 0.483 e. The fourth-order valence-corrected chi connectivity index (χ4v) is 3.88. The van der Waals surface area contributed by atoms with Crippen molar-refractivity contribution >= 4 is 12.4 Å². The van der Waals surface area contributed by atoms with Crippen molar-refractivity contribution in [2.45, 2.75) is 50.6 Å². The maximum absolute atomic E-state index is 13.5. The molecule has 2 aromatic rings. The number of aromatic amines is 1. The highest BCUT2D eigenvalue weighted by Gasteiger charge is 2.26. The zero-order chi connectivity index (χ0) is 24.8. The van der Waals surface area contributed by atoms with Gasteiger partial charge in [-0.05, 0) is 37.8 Å². The highest BCUT2D eigenvalue weighted by Crippen LogP contribution is 2.19. The third-order valence-corrected chi connectivity index (χ3v) is 5.60. The zero-order valence-corrected chi connectivity index (χ0v) is 19.4. The summed E-state index contributed by atoms with van der Waals surface area (Å²) in [5, 5.41) is 6.89. The molecule has 8 heteroatoms. The van der Waals surface area contributed by atoms with Crippen LogP contribution in [0.25, 0.3) is 0 Å². The van der Waals surface area contributed by atoms with Crippen molar-refractivity contribution in [1.82, 2.24) is 14.9 Å². The van der Waals surface area contributed by atoms with Crippen molar-refractivity contribution in [3.63, 3.8) is 0 Å². The normalized spacial score (nSPS) is 17.7. The maximum Gasteiger partial charge on any atom is 0.290 e. The van der Waals surface area contributed by atoms with Gasteiger partial charge < -0.3 is 20.7 Å². The summed E-state index contributed by atoms with van der Waals surface area (Å²) in [6, 6.07) is 6.58. The molecule has 2 heterocycles. The molecule has 0 bridgehead atoms. The Morgan fingerprint density at radius 3 is 2.53 bits per heavy atom. The molecule has 1 aliphatic heterocycles. The summed E-state index contributed by atoms with van der Waals surface area (Å²) in [7, 11) is 0. The van der Waals surface area contributed by atoms with E-state index in [2.05, 4.69) is 29.0 Å². The van der Waals surface area contributed by atoms with Gasteiger partial charge in [-0.2, -0.15) is 0 Å². The highest BCUT2D eigenvalue weighted by atomic mass is 19.1. The summed E-state index contributed by atoms with van der Waals surface area (Å²) >= 11 is 0. The molecule has 1 unspecified atom stereocenters. The second kappa shape index (κ2) is 14.6. The first-order valence-corrected chi connectivity index (χ1v) is 11.3. The van der Waals surface area contributed by atoms with Crippen LogP contribution in [0.15, 0.2) is 73.2 Å². The third kappa shape index (κ3) is 8.78. The number of carbonyl (C=O) groups is 2. The first-order valence-electron chi connectivity index (χ1n) is 11.3. The summed E-state index contributed by atoms with van der Waals surface area (Å²) in [5.41, 5.74) is 7.69. The molecule has 2 atom stereocenters. The molecular formula is C26H33FN4O3. The van der Waals surface area contributed by atoms with Crippen LogP contribution in [0, 0.1) is 5.82 Å². The summed E-state index contributed by atoms with van der Waals surface area (Å²) in [6.45, 7) is 2.64. The number of hydrogen-bond donors (Lipinski definition) is 3. The average molecular weight is 469 g/mol. The number of rotatable bonds is 5. The molecule has 1 amide bonds. The van der Waals surface area contributed by atoms with Gasteiger partial charge in [-0.1, -0.05) is 54.7 Å². The van der Waals surface area contributed by atoms with E-state index in [1.54, 1.807) is 24.5 Å². The van der Waals surface area contributed by atoms with Crippen LogP contribution >= 0.6 is 0 Å². The van der Waals surface area contributed by atoms with Gasteiger partial charge in [0.25, 0.3) is 6.47 Å². The van der Waals surface area contributed by atoms with Gasteiger partial charge in [0.2, 0.25) is 5.91 Å². The summed E-state index contributed by atoms with van der Waals surface area (Å²) < 4.78 is 13.5. The Hall–Kier alpha value is -3.52. The van der Waals surface area contributed by atoms with Gasteiger partial charge in [0.15, 0.2) is 0 Å².